The van der Waals surface area contributed by atoms with Crippen molar-refractivity contribution in [1.82, 2.24) is 5.32 Å². The lowest BCUT2D eigenvalue weighted by Gasteiger charge is -2.27. The lowest BCUT2D eigenvalue weighted by Crippen LogP contribution is -2.54. The van der Waals surface area contributed by atoms with Crippen molar-refractivity contribution in [2.24, 2.45) is 0 Å². The van der Waals surface area contributed by atoms with Crippen molar-refractivity contribution in [2.45, 2.75) is 20.5 Å². The molecule has 4 rings (SSSR count). The molecule has 0 bridgehead atoms. The number of rotatable bonds is 5. The van der Waals surface area contributed by atoms with Crippen LogP contribution < -0.4 is 15.0 Å². The third-order valence-electron chi connectivity index (χ3n) is 5.41. The molecule has 3 aromatic carbocycles. The summed E-state index contributed by atoms with van der Waals surface area (Å²) in [5, 5.41) is 2.26. The van der Waals surface area contributed by atoms with Gasteiger partial charge in [0.2, 0.25) is 0 Å². The second-order valence-corrected chi connectivity index (χ2v) is 9.83. The number of anilines is 1. The molecule has 0 aromatic heterocycles. The van der Waals surface area contributed by atoms with Crippen molar-refractivity contribution in [2.75, 3.05) is 4.90 Å². The molecule has 0 aliphatic carbocycles. The molecule has 1 fully saturated rings. The van der Waals surface area contributed by atoms with Crippen molar-refractivity contribution < 1.29 is 19.1 Å². The number of barbiturate groups is 1. The Labute approximate surface area is 219 Å². The molecule has 1 aliphatic rings. The number of ether oxygens (including phenoxy) is 1. The van der Waals surface area contributed by atoms with Crippen molar-refractivity contribution in [1.29, 1.82) is 0 Å². The SMILES string of the molecule is Cc1ccc(N2C(=O)NC(=O)/C(=C\c3cc(Br)c(OCc4ccccc4)c(I)c3)C2=O)cc1C. The first kappa shape index (κ1) is 24.2. The molecule has 0 saturated carbocycles. The summed E-state index contributed by atoms with van der Waals surface area (Å²) < 4.78 is 7.47. The molecule has 1 N–H and O–H groups in total. The van der Waals surface area contributed by atoms with Gasteiger partial charge in [-0.15, -0.1) is 0 Å². The highest BCUT2D eigenvalue weighted by molar-refractivity contribution is 14.1. The van der Waals surface area contributed by atoms with E-state index >= 15 is 0 Å². The van der Waals surface area contributed by atoms with Crippen LogP contribution in [-0.4, -0.2) is 17.8 Å². The second kappa shape index (κ2) is 10.1. The summed E-state index contributed by atoms with van der Waals surface area (Å²) >= 11 is 5.68. The summed E-state index contributed by atoms with van der Waals surface area (Å²) in [5.74, 6) is -0.740. The monoisotopic (exact) mass is 630 g/mol. The van der Waals surface area contributed by atoms with Crippen LogP contribution in [0.3, 0.4) is 0 Å². The van der Waals surface area contributed by atoms with Crippen LogP contribution in [0, 0.1) is 17.4 Å². The van der Waals surface area contributed by atoms with Crippen LogP contribution >= 0.6 is 38.5 Å². The van der Waals surface area contributed by atoms with Crippen LogP contribution in [0.5, 0.6) is 5.75 Å². The van der Waals surface area contributed by atoms with E-state index in [4.69, 9.17) is 4.74 Å². The minimum atomic E-state index is -0.768. The largest absolute Gasteiger partial charge is 0.487 e. The van der Waals surface area contributed by atoms with Crippen molar-refractivity contribution in [3.05, 3.63) is 96.5 Å². The first-order valence-corrected chi connectivity index (χ1v) is 12.3. The molecule has 1 heterocycles. The molecule has 0 radical (unpaired) electrons. The number of imide groups is 2. The highest BCUT2D eigenvalue weighted by Crippen LogP contribution is 2.34. The maximum absolute atomic E-state index is 13.2. The van der Waals surface area contributed by atoms with Gasteiger partial charge in [-0.05, 0) is 105 Å². The summed E-state index contributed by atoms with van der Waals surface area (Å²) in [6.07, 6.45) is 1.48. The van der Waals surface area contributed by atoms with E-state index in [2.05, 4.69) is 43.8 Å². The fourth-order valence-electron chi connectivity index (χ4n) is 3.45. The van der Waals surface area contributed by atoms with Gasteiger partial charge < -0.3 is 4.74 Å². The molecule has 0 spiro atoms. The highest BCUT2D eigenvalue weighted by atomic mass is 127. The highest BCUT2D eigenvalue weighted by Gasteiger charge is 2.37. The second-order valence-electron chi connectivity index (χ2n) is 7.81. The summed E-state index contributed by atoms with van der Waals surface area (Å²) in [7, 11) is 0. The molecule has 0 atom stereocenters. The molecular weight excluding hydrogens is 611 g/mol. The number of hydrogen-bond donors (Lipinski definition) is 1. The van der Waals surface area contributed by atoms with E-state index in [-0.39, 0.29) is 5.57 Å². The number of aryl methyl sites for hydroxylation is 2. The quantitative estimate of drug-likeness (QED) is 0.216. The zero-order chi connectivity index (χ0) is 24.4. The Morgan fingerprint density at radius 2 is 1.74 bits per heavy atom. The van der Waals surface area contributed by atoms with E-state index in [0.29, 0.717) is 28.1 Å². The minimum absolute atomic E-state index is 0.126. The Hall–Kier alpha value is -2.98. The molecule has 3 aromatic rings. The van der Waals surface area contributed by atoms with Crippen LogP contribution in [0.25, 0.3) is 6.08 Å². The summed E-state index contributed by atoms with van der Waals surface area (Å²) in [5.41, 5.74) is 3.91. The Morgan fingerprint density at radius 3 is 2.41 bits per heavy atom. The predicted molar refractivity (Wildman–Crippen MR) is 143 cm³/mol. The number of carbonyl (C=O) groups excluding carboxylic acids is 3. The third kappa shape index (κ3) is 5.07. The van der Waals surface area contributed by atoms with E-state index in [1.165, 1.54) is 6.08 Å². The van der Waals surface area contributed by atoms with Crippen LogP contribution in [0.4, 0.5) is 10.5 Å². The van der Waals surface area contributed by atoms with Crippen LogP contribution in [0.1, 0.15) is 22.3 Å². The van der Waals surface area contributed by atoms with Crippen molar-refractivity contribution in [3.63, 3.8) is 0 Å². The number of nitrogens with one attached hydrogen (secondary N) is 1. The molecular formula is C26H20BrIN2O4. The Morgan fingerprint density at radius 1 is 1.00 bits per heavy atom. The summed E-state index contributed by atoms with van der Waals surface area (Å²) in [4.78, 5) is 39.2. The van der Waals surface area contributed by atoms with Gasteiger partial charge in [0.15, 0.2) is 0 Å². The first-order valence-electron chi connectivity index (χ1n) is 10.4. The zero-order valence-corrected chi connectivity index (χ0v) is 22.1. The van der Waals surface area contributed by atoms with E-state index < -0.39 is 17.8 Å². The molecule has 0 unspecified atom stereocenters. The number of halogens is 2. The Balaban J connectivity index is 1.63. The zero-order valence-electron chi connectivity index (χ0n) is 18.4. The predicted octanol–water partition coefficient (Wildman–Crippen LogP) is 5.92. The lowest BCUT2D eigenvalue weighted by molar-refractivity contribution is -0.122. The fourth-order valence-corrected chi connectivity index (χ4v) is 5.22. The third-order valence-corrected chi connectivity index (χ3v) is 6.80. The standard InChI is InChI=1S/C26H20BrIN2O4/c1-15-8-9-19(10-16(15)2)30-25(32)20(24(31)29-26(30)33)11-18-12-21(27)23(22(28)13-18)34-14-17-6-4-3-5-7-17/h3-13H,14H2,1-2H3,(H,29,31,33)/b20-11+. The van der Waals surface area contributed by atoms with Crippen LogP contribution in [-0.2, 0) is 16.2 Å². The maximum Gasteiger partial charge on any atom is 0.335 e. The lowest BCUT2D eigenvalue weighted by atomic mass is 10.1. The first-order chi connectivity index (χ1) is 16.2. The van der Waals surface area contributed by atoms with E-state index in [0.717, 1.165) is 25.2 Å². The fraction of sp³-hybridized carbons (Fsp3) is 0.115. The average Bonchev–Trinajstić information content (AvgIpc) is 2.79. The molecule has 8 heteroatoms. The van der Waals surface area contributed by atoms with Crippen LogP contribution in [0.2, 0.25) is 0 Å². The molecule has 6 nitrogen and oxygen atoms in total. The molecule has 34 heavy (non-hydrogen) atoms. The maximum atomic E-state index is 13.2. The van der Waals surface area contributed by atoms with Gasteiger partial charge in [0.25, 0.3) is 11.8 Å². The summed E-state index contributed by atoms with van der Waals surface area (Å²) in [6, 6.07) is 17.9. The van der Waals surface area contributed by atoms with Gasteiger partial charge in [-0.2, -0.15) is 0 Å². The van der Waals surface area contributed by atoms with E-state index in [1.54, 1.807) is 18.2 Å². The molecule has 4 amide bonds. The van der Waals surface area contributed by atoms with E-state index in [1.807, 2.05) is 56.3 Å². The Kier molecular flexibility index (Phi) is 7.18. The molecule has 1 aliphatic heterocycles. The number of amides is 4. The Bertz CT molecular complexity index is 1310. The molecule has 1 saturated heterocycles. The molecule has 172 valence electrons. The topological polar surface area (TPSA) is 75.7 Å². The smallest absolute Gasteiger partial charge is 0.335 e. The number of benzene rings is 3. The van der Waals surface area contributed by atoms with Gasteiger partial charge in [-0.3, -0.25) is 14.9 Å². The van der Waals surface area contributed by atoms with Gasteiger partial charge in [-0.1, -0.05) is 36.4 Å². The van der Waals surface area contributed by atoms with Crippen molar-refractivity contribution >= 4 is 68.1 Å². The number of hydrogen-bond acceptors (Lipinski definition) is 4. The van der Waals surface area contributed by atoms with Gasteiger partial charge in [0.1, 0.15) is 17.9 Å². The number of carbonyl (C=O) groups is 3. The van der Waals surface area contributed by atoms with Gasteiger partial charge >= 0.3 is 6.03 Å². The summed E-state index contributed by atoms with van der Waals surface area (Å²) in [6.45, 7) is 4.25. The van der Waals surface area contributed by atoms with Gasteiger partial charge in [0, 0.05) is 0 Å². The van der Waals surface area contributed by atoms with Gasteiger partial charge in [-0.25, -0.2) is 9.69 Å². The number of urea groups is 1. The van der Waals surface area contributed by atoms with Crippen molar-refractivity contribution in [3.8, 4) is 5.75 Å². The average molecular weight is 631 g/mol. The normalized spacial score (nSPS) is 15.0. The van der Waals surface area contributed by atoms with Crippen LogP contribution in [0.15, 0.2) is 70.7 Å². The minimum Gasteiger partial charge on any atom is -0.487 e. The number of nitrogens with zero attached hydrogens (tertiary/aromatic N) is 1. The van der Waals surface area contributed by atoms with Gasteiger partial charge in [0.05, 0.1) is 13.7 Å². The van der Waals surface area contributed by atoms with E-state index in [9.17, 15) is 14.4 Å².